The molecule has 31 heavy (non-hydrogen) atoms. The summed E-state index contributed by atoms with van der Waals surface area (Å²) in [4.78, 5) is 11.7. The Hall–Kier alpha value is -1.02. The highest BCUT2D eigenvalue weighted by molar-refractivity contribution is 7.80. The standard InChI is InChI=1S/C15H26O15S/c1-2-7(18)28-12-10(21)8(19)5(3-16)26-14(12)29-15-13(30-31(23,24)25)11(22)9(20)6(4-17)27-15/h5-6,8-17,19-22H,2-4H2,1H3,(H,23,24,25)/t5-,6-,8-,9-,10+,11+,12-,13-,14-,15-/m1/s1. The van der Waals surface area contributed by atoms with E-state index in [1.807, 2.05) is 0 Å². The Morgan fingerprint density at radius 3 is 1.74 bits per heavy atom. The first kappa shape index (κ1) is 26.2. The Bertz CT molecular complexity index is 701. The van der Waals surface area contributed by atoms with Crippen LogP contribution in [0.15, 0.2) is 0 Å². The molecule has 2 heterocycles. The van der Waals surface area contributed by atoms with E-state index >= 15 is 0 Å². The lowest BCUT2D eigenvalue weighted by Gasteiger charge is -2.45. The summed E-state index contributed by atoms with van der Waals surface area (Å²) in [6.07, 6.45) is -18.0. The van der Waals surface area contributed by atoms with E-state index in [4.69, 9.17) is 23.5 Å². The Kier molecular flexibility index (Phi) is 9.08. The second-order valence-electron chi connectivity index (χ2n) is 6.85. The summed E-state index contributed by atoms with van der Waals surface area (Å²) >= 11 is 0. The van der Waals surface area contributed by atoms with E-state index in [0.29, 0.717) is 0 Å². The molecule has 7 N–H and O–H groups in total. The summed E-state index contributed by atoms with van der Waals surface area (Å²) in [7, 11) is -5.20. The highest BCUT2D eigenvalue weighted by atomic mass is 32.3. The number of esters is 1. The zero-order chi connectivity index (χ0) is 23.5. The first-order chi connectivity index (χ1) is 14.4. The molecule has 2 fully saturated rings. The molecular formula is C15H26O15S. The van der Waals surface area contributed by atoms with Crippen LogP contribution < -0.4 is 0 Å². The summed E-state index contributed by atoms with van der Waals surface area (Å²) < 4.78 is 56.4. The van der Waals surface area contributed by atoms with E-state index < -0.39 is 91.0 Å². The largest absolute Gasteiger partial charge is 0.454 e. The van der Waals surface area contributed by atoms with Crippen LogP contribution in [-0.2, 0) is 38.3 Å². The van der Waals surface area contributed by atoms with Crippen molar-refractivity contribution in [2.75, 3.05) is 13.2 Å². The number of hydrogen-bond donors (Lipinski definition) is 7. The molecule has 10 atom stereocenters. The number of aliphatic hydroxyl groups excluding tert-OH is 6. The highest BCUT2D eigenvalue weighted by Crippen LogP contribution is 2.31. The maximum atomic E-state index is 11.7. The molecule has 0 unspecified atom stereocenters. The van der Waals surface area contributed by atoms with Gasteiger partial charge in [-0.05, 0) is 0 Å². The number of carbonyl (C=O) groups is 1. The maximum absolute atomic E-state index is 11.7. The second-order valence-corrected chi connectivity index (χ2v) is 7.89. The van der Waals surface area contributed by atoms with E-state index in [0.717, 1.165) is 0 Å². The van der Waals surface area contributed by atoms with E-state index in [-0.39, 0.29) is 6.42 Å². The van der Waals surface area contributed by atoms with Gasteiger partial charge in [0.05, 0.1) is 13.2 Å². The highest BCUT2D eigenvalue weighted by Gasteiger charge is 2.52. The van der Waals surface area contributed by atoms with Gasteiger partial charge < -0.3 is 49.6 Å². The number of carbonyl (C=O) groups excluding carboxylic acids is 1. The van der Waals surface area contributed by atoms with Crippen LogP contribution in [0.5, 0.6) is 0 Å². The van der Waals surface area contributed by atoms with Gasteiger partial charge in [-0.1, -0.05) is 6.92 Å². The lowest BCUT2D eigenvalue weighted by Crippen LogP contribution is -2.65. The Balaban J connectivity index is 2.33. The van der Waals surface area contributed by atoms with Gasteiger partial charge in [0.15, 0.2) is 18.5 Å². The fraction of sp³-hybridized carbons (Fsp3) is 0.933. The summed E-state index contributed by atoms with van der Waals surface area (Å²) in [5, 5.41) is 59.1. The number of aliphatic hydroxyl groups is 6. The molecule has 0 spiro atoms. The smallest absolute Gasteiger partial charge is 0.397 e. The summed E-state index contributed by atoms with van der Waals surface area (Å²) in [6.45, 7) is -0.217. The molecule has 15 nitrogen and oxygen atoms in total. The van der Waals surface area contributed by atoms with Crippen molar-refractivity contribution in [1.29, 1.82) is 0 Å². The predicted octanol–water partition coefficient (Wildman–Crippen LogP) is -4.61. The lowest BCUT2D eigenvalue weighted by molar-refractivity contribution is -0.374. The average molecular weight is 478 g/mol. The van der Waals surface area contributed by atoms with Crippen LogP contribution >= 0.6 is 0 Å². The van der Waals surface area contributed by atoms with Crippen molar-refractivity contribution in [1.82, 2.24) is 0 Å². The van der Waals surface area contributed by atoms with Crippen LogP contribution in [0, 0.1) is 0 Å². The number of ether oxygens (including phenoxy) is 4. The van der Waals surface area contributed by atoms with E-state index in [1.165, 1.54) is 6.92 Å². The molecule has 2 saturated heterocycles. The van der Waals surface area contributed by atoms with Crippen molar-refractivity contribution >= 4 is 16.4 Å². The van der Waals surface area contributed by atoms with Gasteiger partial charge in [0.2, 0.25) is 6.29 Å². The van der Waals surface area contributed by atoms with E-state index in [2.05, 4.69) is 4.18 Å². The monoisotopic (exact) mass is 478 g/mol. The Labute approximate surface area is 176 Å². The van der Waals surface area contributed by atoms with E-state index in [1.54, 1.807) is 0 Å². The van der Waals surface area contributed by atoms with Gasteiger partial charge in [0, 0.05) is 6.42 Å². The minimum absolute atomic E-state index is 0.138. The zero-order valence-electron chi connectivity index (χ0n) is 16.2. The molecule has 0 aromatic carbocycles. The molecule has 0 aliphatic carbocycles. The third-order valence-corrected chi connectivity index (χ3v) is 5.17. The van der Waals surface area contributed by atoms with Crippen molar-refractivity contribution in [3.63, 3.8) is 0 Å². The number of rotatable bonds is 8. The van der Waals surface area contributed by atoms with Crippen LogP contribution in [0.25, 0.3) is 0 Å². The van der Waals surface area contributed by atoms with Crippen molar-refractivity contribution in [2.45, 2.75) is 74.8 Å². The molecule has 0 amide bonds. The topological polar surface area (TPSA) is 239 Å². The summed E-state index contributed by atoms with van der Waals surface area (Å²) in [6, 6.07) is 0. The van der Waals surface area contributed by atoms with Gasteiger partial charge in [-0.25, -0.2) is 4.18 Å². The van der Waals surface area contributed by atoms with Gasteiger partial charge in [0.1, 0.15) is 36.6 Å². The van der Waals surface area contributed by atoms with Crippen molar-refractivity contribution in [3.05, 3.63) is 0 Å². The molecule has 2 rings (SSSR count). The predicted molar refractivity (Wildman–Crippen MR) is 93.2 cm³/mol. The molecule has 0 radical (unpaired) electrons. The summed E-state index contributed by atoms with van der Waals surface area (Å²) in [5.74, 6) is -0.838. The molecule has 2 aliphatic rings. The van der Waals surface area contributed by atoms with Gasteiger partial charge >= 0.3 is 16.4 Å². The van der Waals surface area contributed by atoms with Gasteiger partial charge in [-0.15, -0.1) is 0 Å². The zero-order valence-corrected chi connectivity index (χ0v) is 17.0. The van der Waals surface area contributed by atoms with Crippen molar-refractivity contribution < 1.29 is 71.5 Å². The lowest BCUT2D eigenvalue weighted by atomic mass is 9.98. The Morgan fingerprint density at radius 2 is 1.32 bits per heavy atom. The fourth-order valence-corrected chi connectivity index (χ4v) is 3.55. The third kappa shape index (κ3) is 6.28. The summed E-state index contributed by atoms with van der Waals surface area (Å²) in [5.41, 5.74) is 0. The van der Waals surface area contributed by atoms with Crippen LogP contribution in [0.3, 0.4) is 0 Å². The van der Waals surface area contributed by atoms with Crippen LogP contribution in [0.2, 0.25) is 0 Å². The van der Waals surface area contributed by atoms with Gasteiger partial charge in [-0.3, -0.25) is 9.35 Å². The normalized spacial score (nSPS) is 41.7. The first-order valence-electron chi connectivity index (χ1n) is 9.19. The molecule has 16 heteroatoms. The second kappa shape index (κ2) is 10.7. The van der Waals surface area contributed by atoms with Crippen LogP contribution in [-0.4, -0.2) is 124 Å². The molecule has 0 aromatic rings. The molecule has 0 bridgehead atoms. The average Bonchev–Trinajstić information content (AvgIpc) is 2.71. The SMILES string of the molecule is CCC(=O)O[C@H]1[C@@H](O[C@H]2O[C@H](CO)[C@@H](O)[C@H](O)[C@H]2OS(=O)(=O)O)O[C@H](CO)[C@@H](O)[C@@H]1O. The van der Waals surface area contributed by atoms with E-state index in [9.17, 15) is 43.9 Å². The molecule has 0 aromatic heterocycles. The van der Waals surface area contributed by atoms with Crippen molar-refractivity contribution in [3.8, 4) is 0 Å². The van der Waals surface area contributed by atoms with Gasteiger partial charge in [-0.2, -0.15) is 8.42 Å². The minimum atomic E-state index is -5.20. The van der Waals surface area contributed by atoms with Crippen molar-refractivity contribution in [2.24, 2.45) is 0 Å². The molecule has 0 saturated carbocycles. The molecule has 2 aliphatic heterocycles. The molecular weight excluding hydrogens is 452 g/mol. The molecule has 182 valence electrons. The van der Waals surface area contributed by atoms with Gasteiger partial charge in [0.25, 0.3) is 0 Å². The number of hydrogen-bond acceptors (Lipinski definition) is 14. The van der Waals surface area contributed by atoms with Crippen LogP contribution in [0.4, 0.5) is 0 Å². The van der Waals surface area contributed by atoms with Crippen LogP contribution in [0.1, 0.15) is 13.3 Å². The quantitative estimate of drug-likeness (QED) is 0.128. The Morgan fingerprint density at radius 1 is 0.871 bits per heavy atom. The fourth-order valence-electron chi connectivity index (χ4n) is 3.07. The third-order valence-electron chi connectivity index (χ3n) is 4.71. The minimum Gasteiger partial charge on any atom is -0.454 e. The maximum Gasteiger partial charge on any atom is 0.397 e. The first-order valence-corrected chi connectivity index (χ1v) is 10.6.